The smallest absolute Gasteiger partial charge is 0.335 e. The summed E-state index contributed by atoms with van der Waals surface area (Å²) in [5, 5.41) is 0. The van der Waals surface area contributed by atoms with E-state index in [1.54, 1.807) is 12.1 Å². The Hall–Kier alpha value is -1.84. The van der Waals surface area contributed by atoms with Crippen molar-refractivity contribution in [3.8, 4) is 0 Å². The van der Waals surface area contributed by atoms with Gasteiger partial charge in [0, 0.05) is 18.6 Å². The summed E-state index contributed by atoms with van der Waals surface area (Å²) in [4.78, 5) is 20.3. The molecular formula is C10H10O4. The van der Waals surface area contributed by atoms with E-state index in [9.17, 15) is 9.59 Å². The predicted molar refractivity (Wildman–Crippen MR) is 49.7 cm³/mol. The van der Waals surface area contributed by atoms with Crippen molar-refractivity contribution in [2.45, 2.75) is 6.42 Å². The number of hydrogen-bond donors (Lipinski definition) is 0. The van der Waals surface area contributed by atoms with Crippen molar-refractivity contribution in [3.05, 3.63) is 47.0 Å². The zero-order valence-corrected chi connectivity index (χ0v) is 7.51. The minimum Gasteiger partial charge on any atom is -0.462 e. The molecule has 0 bridgehead atoms. The predicted octanol–water partition coefficient (Wildman–Crippen LogP) is 1.13. The van der Waals surface area contributed by atoms with Gasteiger partial charge in [0.05, 0.1) is 12.9 Å². The Morgan fingerprint density at radius 1 is 1.21 bits per heavy atom. The molecule has 0 aliphatic carbocycles. The quantitative estimate of drug-likeness (QED) is 0.581. The van der Waals surface area contributed by atoms with Gasteiger partial charge in [-0.3, -0.25) is 0 Å². The molecule has 0 radical (unpaired) electrons. The Labute approximate surface area is 80.8 Å². The van der Waals surface area contributed by atoms with Gasteiger partial charge in [0.2, 0.25) is 0 Å². The number of carbonyl (C=O) groups excluding carboxylic acids is 1. The number of carbonyl (C=O) groups is 1. The van der Waals surface area contributed by atoms with Gasteiger partial charge in [0.25, 0.3) is 0 Å². The van der Waals surface area contributed by atoms with Gasteiger partial charge in [-0.25, -0.2) is 9.59 Å². The maximum absolute atomic E-state index is 10.2. The van der Waals surface area contributed by atoms with Crippen LogP contribution in [0.4, 0.5) is 0 Å². The molecule has 0 N–H and O–H groups in total. The van der Waals surface area contributed by atoms with E-state index in [0.717, 1.165) is 6.42 Å². The van der Waals surface area contributed by atoms with Gasteiger partial charge in [-0.05, 0) is 6.07 Å². The van der Waals surface area contributed by atoms with E-state index in [4.69, 9.17) is 0 Å². The van der Waals surface area contributed by atoms with E-state index in [2.05, 4.69) is 9.15 Å². The third-order valence-corrected chi connectivity index (χ3v) is 1.39. The van der Waals surface area contributed by atoms with Crippen LogP contribution < -0.4 is 5.63 Å². The molecule has 0 saturated heterocycles. The normalized spacial score (nSPS) is 13.9. The molecule has 2 rings (SSSR count). The summed E-state index contributed by atoms with van der Waals surface area (Å²) in [5.74, 6) is -0.216. The fourth-order valence-corrected chi connectivity index (χ4v) is 0.780. The average Bonchev–Trinajstić information content (AvgIpc) is 2.21. The molecule has 1 aliphatic rings. The monoisotopic (exact) mass is 194 g/mol. The van der Waals surface area contributed by atoms with Gasteiger partial charge >= 0.3 is 11.6 Å². The second-order valence-electron chi connectivity index (χ2n) is 2.48. The maximum Gasteiger partial charge on any atom is 0.335 e. The van der Waals surface area contributed by atoms with Crippen LogP contribution >= 0.6 is 0 Å². The highest BCUT2D eigenvalue weighted by atomic mass is 16.5. The molecule has 14 heavy (non-hydrogen) atoms. The van der Waals surface area contributed by atoms with E-state index in [1.165, 1.54) is 18.4 Å². The van der Waals surface area contributed by atoms with Crippen LogP contribution in [0, 0.1) is 0 Å². The number of esters is 1. The van der Waals surface area contributed by atoms with E-state index >= 15 is 0 Å². The van der Waals surface area contributed by atoms with E-state index in [1.807, 2.05) is 6.08 Å². The third-order valence-electron chi connectivity index (χ3n) is 1.39. The van der Waals surface area contributed by atoms with E-state index in [-0.39, 0.29) is 11.6 Å². The van der Waals surface area contributed by atoms with Crippen LogP contribution in [-0.4, -0.2) is 12.6 Å². The largest absolute Gasteiger partial charge is 0.462 e. The summed E-state index contributed by atoms with van der Waals surface area (Å²) in [6, 6.07) is 4.65. The first-order valence-corrected chi connectivity index (χ1v) is 4.16. The molecule has 1 aromatic rings. The standard InChI is InChI=1S/C5H6O2.C5H4O2/c2*6-5-3-1-2-4-7-5/h1,3H,2,4H2;1-4H. The topological polar surface area (TPSA) is 56.5 Å². The number of rotatable bonds is 0. The third kappa shape index (κ3) is 4.25. The SMILES string of the molecule is O=C1C=CCCO1.O=c1cccco1. The average molecular weight is 194 g/mol. The number of ether oxygens (including phenoxy) is 1. The van der Waals surface area contributed by atoms with Crippen molar-refractivity contribution >= 4 is 5.97 Å². The summed E-state index contributed by atoms with van der Waals surface area (Å²) in [6.45, 7) is 0.551. The van der Waals surface area contributed by atoms with E-state index < -0.39 is 0 Å². The molecule has 4 nitrogen and oxygen atoms in total. The summed E-state index contributed by atoms with van der Waals surface area (Å²) in [7, 11) is 0. The van der Waals surface area contributed by atoms with Crippen LogP contribution in [0.3, 0.4) is 0 Å². The molecule has 0 unspecified atom stereocenters. The van der Waals surface area contributed by atoms with Gasteiger partial charge in [0.1, 0.15) is 0 Å². The van der Waals surface area contributed by atoms with Crippen molar-refractivity contribution in [3.63, 3.8) is 0 Å². The highest BCUT2D eigenvalue weighted by molar-refractivity contribution is 5.82. The Morgan fingerprint density at radius 2 is 2.07 bits per heavy atom. The van der Waals surface area contributed by atoms with Crippen LogP contribution in [0.15, 0.2) is 45.8 Å². The maximum atomic E-state index is 10.2. The summed E-state index contributed by atoms with van der Waals surface area (Å²) in [6.07, 6.45) is 5.48. The van der Waals surface area contributed by atoms with Crippen LogP contribution in [-0.2, 0) is 9.53 Å². The highest BCUT2D eigenvalue weighted by Gasteiger charge is 1.98. The second kappa shape index (κ2) is 5.75. The summed E-state index contributed by atoms with van der Waals surface area (Å²) < 4.78 is 8.92. The van der Waals surface area contributed by atoms with Gasteiger partial charge in [0.15, 0.2) is 0 Å². The lowest BCUT2D eigenvalue weighted by molar-refractivity contribution is -0.138. The van der Waals surface area contributed by atoms with Crippen LogP contribution in [0.5, 0.6) is 0 Å². The minimum atomic E-state index is -0.303. The first-order valence-electron chi connectivity index (χ1n) is 4.16. The van der Waals surface area contributed by atoms with Gasteiger partial charge in [-0.1, -0.05) is 12.1 Å². The molecule has 1 aromatic heterocycles. The number of cyclic esters (lactones) is 1. The minimum absolute atomic E-state index is 0.216. The molecule has 0 saturated carbocycles. The Kier molecular flexibility index (Phi) is 4.20. The van der Waals surface area contributed by atoms with Crippen molar-refractivity contribution in [2.75, 3.05) is 6.61 Å². The summed E-state index contributed by atoms with van der Waals surface area (Å²) in [5.41, 5.74) is -0.303. The van der Waals surface area contributed by atoms with Crippen LogP contribution in [0.2, 0.25) is 0 Å². The molecule has 74 valence electrons. The molecule has 2 heterocycles. The Bertz CT molecular complexity index is 347. The Morgan fingerprint density at radius 3 is 2.36 bits per heavy atom. The molecule has 1 aliphatic heterocycles. The summed E-state index contributed by atoms with van der Waals surface area (Å²) >= 11 is 0. The zero-order valence-electron chi connectivity index (χ0n) is 7.51. The van der Waals surface area contributed by atoms with Crippen molar-refractivity contribution < 1.29 is 13.9 Å². The lowest BCUT2D eigenvalue weighted by atomic mass is 10.3. The van der Waals surface area contributed by atoms with Crippen molar-refractivity contribution in [1.82, 2.24) is 0 Å². The van der Waals surface area contributed by atoms with Gasteiger partial charge in [-0.15, -0.1) is 0 Å². The van der Waals surface area contributed by atoms with Gasteiger partial charge < -0.3 is 9.15 Å². The van der Waals surface area contributed by atoms with Gasteiger partial charge in [-0.2, -0.15) is 0 Å². The zero-order chi connectivity index (χ0) is 10.2. The van der Waals surface area contributed by atoms with Crippen molar-refractivity contribution in [1.29, 1.82) is 0 Å². The lowest BCUT2D eigenvalue weighted by Crippen LogP contribution is -2.05. The molecular weight excluding hydrogens is 184 g/mol. The molecule has 0 spiro atoms. The highest BCUT2D eigenvalue weighted by Crippen LogP contribution is 1.93. The molecule has 4 heteroatoms. The molecule has 0 amide bonds. The van der Waals surface area contributed by atoms with Crippen LogP contribution in [0.1, 0.15) is 6.42 Å². The Balaban J connectivity index is 0.000000140. The van der Waals surface area contributed by atoms with E-state index in [0.29, 0.717) is 6.61 Å². The first-order chi connectivity index (χ1) is 6.79. The number of hydrogen-bond acceptors (Lipinski definition) is 4. The lowest BCUT2D eigenvalue weighted by Gasteiger charge is -2.01. The first kappa shape index (κ1) is 10.2. The molecule has 0 aromatic carbocycles. The molecule has 0 fully saturated rings. The second-order valence-corrected chi connectivity index (χ2v) is 2.48. The van der Waals surface area contributed by atoms with Crippen LogP contribution in [0.25, 0.3) is 0 Å². The molecule has 0 atom stereocenters. The fraction of sp³-hybridized carbons (Fsp3) is 0.200. The van der Waals surface area contributed by atoms with Crippen molar-refractivity contribution in [2.24, 2.45) is 0 Å². The fourth-order valence-electron chi connectivity index (χ4n) is 0.780.